The molecule has 84 valence electrons. The lowest BCUT2D eigenvalue weighted by molar-refractivity contribution is -0.164. The highest BCUT2D eigenvalue weighted by atomic mass is 19.3. The number of para-hydroxylation sites is 1. The maximum Gasteiger partial charge on any atom is 0.374 e. The van der Waals surface area contributed by atoms with Crippen LogP contribution in [0.4, 0.5) is 8.78 Å². The van der Waals surface area contributed by atoms with Crippen LogP contribution in [-0.2, 0) is 11.2 Å². The lowest BCUT2D eigenvalue weighted by Crippen LogP contribution is -2.30. The molecule has 0 aliphatic heterocycles. The standard InChI is InChI=1S/C10H8F2N2O2/c11-10(12,9(15)16)4-6-2-1-3-7-5-13-14-8(6)7/h1-3,5H,4H2,(H,13,14)(H,15,16). The fourth-order valence-corrected chi connectivity index (χ4v) is 1.49. The second kappa shape index (κ2) is 3.55. The number of benzene rings is 1. The van der Waals surface area contributed by atoms with Gasteiger partial charge in [0.1, 0.15) is 0 Å². The smallest absolute Gasteiger partial charge is 0.374 e. The number of carbonyl (C=O) groups is 1. The SMILES string of the molecule is O=C(O)C(F)(F)Cc1cccc2cn[nH]c12. The molecule has 0 amide bonds. The van der Waals surface area contributed by atoms with Crippen molar-refractivity contribution in [2.24, 2.45) is 0 Å². The van der Waals surface area contributed by atoms with Gasteiger partial charge < -0.3 is 5.11 Å². The molecule has 0 spiro atoms. The van der Waals surface area contributed by atoms with Gasteiger partial charge in [-0.1, -0.05) is 18.2 Å². The highest BCUT2D eigenvalue weighted by molar-refractivity contribution is 5.83. The average Bonchev–Trinajstić information content (AvgIpc) is 2.65. The van der Waals surface area contributed by atoms with Crippen molar-refractivity contribution in [3.05, 3.63) is 30.0 Å². The van der Waals surface area contributed by atoms with Gasteiger partial charge in [-0.3, -0.25) is 5.10 Å². The summed E-state index contributed by atoms with van der Waals surface area (Å²) < 4.78 is 26.1. The summed E-state index contributed by atoms with van der Waals surface area (Å²) in [6, 6.07) is 4.75. The normalized spacial score (nSPS) is 11.9. The molecular formula is C10H8F2N2O2. The first-order chi connectivity index (χ1) is 7.50. The summed E-state index contributed by atoms with van der Waals surface area (Å²) in [6.07, 6.45) is 0.652. The molecule has 16 heavy (non-hydrogen) atoms. The van der Waals surface area contributed by atoms with Crippen LogP contribution in [0.15, 0.2) is 24.4 Å². The van der Waals surface area contributed by atoms with Crippen LogP contribution in [0.5, 0.6) is 0 Å². The van der Waals surface area contributed by atoms with Crippen LogP contribution in [0.25, 0.3) is 10.9 Å². The first-order valence-electron chi connectivity index (χ1n) is 4.53. The molecule has 0 bridgehead atoms. The Bertz CT molecular complexity index is 536. The van der Waals surface area contributed by atoms with E-state index in [4.69, 9.17) is 5.11 Å². The van der Waals surface area contributed by atoms with Gasteiger partial charge in [-0.05, 0) is 5.56 Å². The Kier molecular flexibility index (Phi) is 2.34. The minimum absolute atomic E-state index is 0.238. The van der Waals surface area contributed by atoms with Crippen molar-refractivity contribution in [3.63, 3.8) is 0 Å². The molecule has 2 N–H and O–H groups in total. The van der Waals surface area contributed by atoms with E-state index in [1.54, 1.807) is 12.1 Å². The van der Waals surface area contributed by atoms with Crippen LogP contribution in [0.1, 0.15) is 5.56 Å². The van der Waals surface area contributed by atoms with Gasteiger partial charge in [0, 0.05) is 11.8 Å². The number of nitrogens with one attached hydrogen (secondary N) is 1. The first kappa shape index (κ1) is 10.5. The highest BCUT2D eigenvalue weighted by Gasteiger charge is 2.39. The van der Waals surface area contributed by atoms with Crippen LogP contribution >= 0.6 is 0 Å². The monoisotopic (exact) mass is 226 g/mol. The zero-order chi connectivity index (χ0) is 11.8. The largest absolute Gasteiger partial charge is 0.477 e. The Morgan fingerprint density at radius 1 is 1.50 bits per heavy atom. The van der Waals surface area contributed by atoms with Crippen molar-refractivity contribution in [3.8, 4) is 0 Å². The lowest BCUT2D eigenvalue weighted by atomic mass is 10.0. The molecule has 1 aromatic heterocycles. The Labute approximate surface area is 88.9 Å². The number of rotatable bonds is 3. The molecular weight excluding hydrogens is 218 g/mol. The third kappa shape index (κ3) is 1.73. The molecule has 0 unspecified atom stereocenters. The second-order valence-corrected chi connectivity index (χ2v) is 3.44. The predicted octanol–water partition coefficient (Wildman–Crippen LogP) is 1.83. The molecule has 0 aliphatic carbocycles. The number of aromatic amines is 1. The zero-order valence-electron chi connectivity index (χ0n) is 8.08. The molecule has 0 saturated carbocycles. The molecule has 0 saturated heterocycles. The maximum atomic E-state index is 13.0. The number of aromatic nitrogens is 2. The van der Waals surface area contributed by atoms with Crippen LogP contribution < -0.4 is 0 Å². The van der Waals surface area contributed by atoms with Crippen molar-refractivity contribution in [1.82, 2.24) is 10.2 Å². The molecule has 2 rings (SSSR count). The van der Waals surface area contributed by atoms with Crippen LogP contribution in [0.3, 0.4) is 0 Å². The molecule has 4 nitrogen and oxygen atoms in total. The van der Waals surface area contributed by atoms with E-state index in [1.807, 2.05) is 0 Å². The van der Waals surface area contributed by atoms with Gasteiger partial charge in [0.25, 0.3) is 0 Å². The molecule has 0 fully saturated rings. The highest BCUT2D eigenvalue weighted by Crippen LogP contribution is 2.24. The molecule has 2 aromatic rings. The van der Waals surface area contributed by atoms with Gasteiger partial charge in [-0.2, -0.15) is 13.9 Å². The quantitative estimate of drug-likeness (QED) is 0.838. The number of hydrogen-bond acceptors (Lipinski definition) is 2. The lowest BCUT2D eigenvalue weighted by Gasteiger charge is -2.11. The Morgan fingerprint density at radius 3 is 2.94 bits per heavy atom. The van der Waals surface area contributed by atoms with Crippen molar-refractivity contribution in [2.45, 2.75) is 12.3 Å². The molecule has 1 heterocycles. The topological polar surface area (TPSA) is 66.0 Å². The number of alkyl halides is 2. The van der Waals surface area contributed by atoms with Gasteiger partial charge in [0.05, 0.1) is 11.7 Å². The minimum Gasteiger partial charge on any atom is -0.477 e. The van der Waals surface area contributed by atoms with Crippen molar-refractivity contribution < 1.29 is 18.7 Å². The van der Waals surface area contributed by atoms with Gasteiger partial charge in [0.15, 0.2) is 0 Å². The van der Waals surface area contributed by atoms with Crippen molar-refractivity contribution in [2.75, 3.05) is 0 Å². The molecule has 1 aromatic carbocycles. The summed E-state index contributed by atoms with van der Waals surface area (Å²) in [6.45, 7) is 0. The number of fused-ring (bicyclic) bond motifs is 1. The van der Waals surface area contributed by atoms with Gasteiger partial charge >= 0.3 is 11.9 Å². The molecule has 0 radical (unpaired) electrons. The number of H-pyrrole nitrogens is 1. The average molecular weight is 226 g/mol. The number of aliphatic carboxylic acids is 1. The summed E-state index contributed by atoms with van der Waals surface area (Å²) in [7, 11) is 0. The summed E-state index contributed by atoms with van der Waals surface area (Å²) in [5, 5.41) is 15.3. The fraction of sp³-hybridized carbons (Fsp3) is 0.200. The predicted molar refractivity (Wildman–Crippen MR) is 52.4 cm³/mol. The molecule has 6 heteroatoms. The molecule has 0 atom stereocenters. The van der Waals surface area contributed by atoms with E-state index in [0.717, 1.165) is 0 Å². The fourth-order valence-electron chi connectivity index (χ4n) is 1.49. The zero-order valence-corrected chi connectivity index (χ0v) is 8.08. The maximum absolute atomic E-state index is 13.0. The van der Waals surface area contributed by atoms with E-state index >= 15 is 0 Å². The van der Waals surface area contributed by atoms with Crippen LogP contribution in [0, 0.1) is 0 Å². The second-order valence-electron chi connectivity index (χ2n) is 3.44. The molecule has 0 aliphatic rings. The third-order valence-corrected chi connectivity index (χ3v) is 2.29. The van der Waals surface area contributed by atoms with Gasteiger partial charge in [-0.25, -0.2) is 4.79 Å². The number of hydrogen-bond donors (Lipinski definition) is 2. The number of halogens is 2. The first-order valence-corrected chi connectivity index (χ1v) is 4.53. The van der Waals surface area contributed by atoms with E-state index < -0.39 is 18.3 Å². The Morgan fingerprint density at radius 2 is 2.25 bits per heavy atom. The summed E-state index contributed by atoms with van der Waals surface area (Å²) >= 11 is 0. The number of carboxylic acid groups (broad SMARTS) is 1. The van der Waals surface area contributed by atoms with Crippen LogP contribution in [0.2, 0.25) is 0 Å². The summed E-state index contributed by atoms with van der Waals surface area (Å²) in [5.74, 6) is -5.89. The van der Waals surface area contributed by atoms with E-state index in [2.05, 4.69) is 10.2 Å². The van der Waals surface area contributed by atoms with Crippen molar-refractivity contribution >= 4 is 16.9 Å². The Hall–Kier alpha value is -1.98. The summed E-state index contributed by atoms with van der Waals surface area (Å²) in [5.41, 5.74) is 0.686. The van der Waals surface area contributed by atoms with Gasteiger partial charge in [-0.15, -0.1) is 0 Å². The number of nitrogens with zero attached hydrogens (tertiary/aromatic N) is 1. The van der Waals surface area contributed by atoms with Crippen LogP contribution in [-0.4, -0.2) is 27.2 Å². The van der Waals surface area contributed by atoms with E-state index in [0.29, 0.717) is 10.9 Å². The summed E-state index contributed by atoms with van der Waals surface area (Å²) in [4.78, 5) is 10.3. The van der Waals surface area contributed by atoms with E-state index in [9.17, 15) is 13.6 Å². The minimum atomic E-state index is -3.76. The number of carboxylic acids is 1. The van der Waals surface area contributed by atoms with E-state index in [-0.39, 0.29) is 5.56 Å². The van der Waals surface area contributed by atoms with Gasteiger partial charge in [0.2, 0.25) is 0 Å². The third-order valence-electron chi connectivity index (χ3n) is 2.29. The Balaban J connectivity index is 2.41. The van der Waals surface area contributed by atoms with E-state index in [1.165, 1.54) is 12.3 Å². The van der Waals surface area contributed by atoms with Crippen molar-refractivity contribution in [1.29, 1.82) is 0 Å².